The van der Waals surface area contributed by atoms with Gasteiger partial charge in [0.05, 0.1) is 5.33 Å². The van der Waals surface area contributed by atoms with Gasteiger partial charge in [0.25, 0.3) is 0 Å². The fraction of sp³-hybridized carbons (Fsp3) is 0.833. The maximum atomic E-state index is 11.8. The molecule has 0 aromatic carbocycles. The minimum absolute atomic E-state index is 0.174. The van der Waals surface area contributed by atoms with Crippen molar-refractivity contribution in [3.05, 3.63) is 0 Å². The van der Waals surface area contributed by atoms with Crippen LogP contribution in [-0.4, -0.2) is 40.8 Å². The van der Waals surface area contributed by atoms with Gasteiger partial charge in [-0.25, -0.2) is 4.79 Å². The fourth-order valence-corrected chi connectivity index (χ4v) is 2.94. The number of amides is 1. The average molecular weight is 304 g/mol. The molecule has 2 aliphatic rings. The number of halogens is 1. The lowest BCUT2D eigenvalue weighted by Crippen LogP contribution is -2.37. The second kappa shape index (κ2) is 4.26. The Morgan fingerprint density at radius 1 is 1.29 bits per heavy atom. The summed E-state index contributed by atoms with van der Waals surface area (Å²) >= 11 is 3.19. The molecule has 0 radical (unpaired) electrons. The number of piperidine rings is 1. The van der Waals surface area contributed by atoms with Gasteiger partial charge in [-0.3, -0.25) is 4.79 Å². The Balaban J connectivity index is 1.83. The summed E-state index contributed by atoms with van der Waals surface area (Å²) < 4.78 is 5.31. The van der Waals surface area contributed by atoms with Gasteiger partial charge in [-0.1, -0.05) is 15.9 Å². The molecule has 0 aromatic heterocycles. The summed E-state index contributed by atoms with van der Waals surface area (Å²) in [5, 5.41) is 0.428. The van der Waals surface area contributed by atoms with Crippen molar-refractivity contribution < 1.29 is 14.3 Å². The molecular formula is C12H18BrNO3. The van der Waals surface area contributed by atoms with Gasteiger partial charge in [0.15, 0.2) is 0 Å². The summed E-state index contributed by atoms with van der Waals surface area (Å²) in [4.78, 5) is 25.0. The van der Waals surface area contributed by atoms with Crippen molar-refractivity contribution in [2.75, 3.05) is 18.4 Å². The number of Topliss-reactive ketones (excluding diaryl/α,β-unsaturated/α-hetero) is 1. The van der Waals surface area contributed by atoms with Crippen molar-refractivity contribution in [2.45, 2.75) is 26.4 Å². The van der Waals surface area contributed by atoms with E-state index in [4.69, 9.17) is 4.74 Å². The second-order valence-electron chi connectivity index (χ2n) is 5.84. The SMILES string of the molecule is CC(C)(C)OC(=O)N1CC2C(C1)C2C(=O)CBr. The first-order chi connectivity index (χ1) is 7.83. The topological polar surface area (TPSA) is 46.6 Å². The molecule has 1 aliphatic carbocycles. The van der Waals surface area contributed by atoms with Gasteiger partial charge in [0, 0.05) is 19.0 Å². The molecule has 96 valence electrons. The molecule has 5 heteroatoms. The third-order valence-electron chi connectivity index (χ3n) is 3.35. The Morgan fingerprint density at radius 3 is 2.24 bits per heavy atom. The Bertz CT molecular complexity index is 338. The number of hydrogen-bond donors (Lipinski definition) is 0. The number of nitrogens with zero attached hydrogens (tertiary/aromatic N) is 1. The summed E-state index contributed by atoms with van der Waals surface area (Å²) in [6.45, 7) is 6.92. The summed E-state index contributed by atoms with van der Waals surface area (Å²) in [6.07, 6.45) is -0.255. The number of likely N-dealkylation sites (tertiary alicyclic amines) is 1. The van der Waals surface area contributed by atoms with Crippen molar-refractivity contribution in [1.82, 2.24) is 4.90 Å². The number of ketones is 1. The predicted molar refractivity (Wildman–Crippen MR) is 67.1 cm³/mol. The summed E-state index contributed by atoms with van der Waals surface area (Å²) in [5.41, 5.74) is -0.449. The van der Waals surface area contributed by atoms with E-state index in [0.717, 1.165) is 0 Å². The molecule has 0 bridgehead atoms. The highest BCUT2D eigenvalue weighted by molar-refractivity contribution is 9.09. The number of hydrogen-bond acceptors (Lipinski definition) is 3. The largest absolute Gasteiger partial charge is 0.444 e. The van der Waals surface area contributed by atoms with Gasteiger partial charge < -0.3 is 9.64 Å². The van der Waals surface area contributed by atoms with Crippen LogP contribution in [0.4, 0.5) is 4.79 Å². The minimum Gasteiger partial charge on any atom is -0.444 e. The van der Waals surface area contributed by atoms with Crippen LogP contribution in [0.15, 0.2) is 0 Å². The molecule has 2 fully saturated rings. The van der Waals surface area contributed by atoms with Crippen LogP contribution in [0.3, 0.4) is 0 Å². The van der Waals surface area contributed by atoms with Gasteiger partial charge in [-0.15, -0.1) is 0 Å². The Hall–Kier alpha value is -0.580. The summed E-state index contributed by atoms with van der Waals surface area (Å²) in [7, 11) is 0. The number of ether oxygens (including phenoxy) is 1. The fourth-order valence-electron chi connectivity index (χ4n) is 2.57. The van der Waals surface area contributed by atoms with Crippen molar-refractivity contribution in [3.8, 4) is 0 Å². The molecule has 1 aliphatic heterocycles. The molecule has 0 spiro atoms. The molecule has 2 atom stereocenters. The average Bonchev–Trinajstić information content (AvgIpc) is 2.69. The molecule has 17 heavy (non-hydrogen) atoms. The van der Waals surface area contributed by atoms with Crippen LogP contribution in [0.1, 0.15) is 20.8 Å². The smallest absolute Gasteiger partial charge is 0.410 e. The number of carbonyl (C=O) groups is 2. The van der Waals surface area contributed by atoms with E-state index < -0.39 is 5.60 Å². The second-order valence-corrected chi connectivity index (χ2v) is 6.40. The van der Waals surface area contributed by atoms with Crippen LogP contribution in [0, 0.1) is 17.8 Å². The molecule has 2 unspecified atom stereocenters. The highest BCUT2D eigenvalue weighted by atomic mass is 79.9. The number of fused-ring (bicyclic) bond motifs is 1. The highest BCUT2D eigenvalue weighted by Crippen LogP contribution is 2.52. The first-order valence-electron chi connectivity index (χ1n) is 5.90. The molecular weight excluding hydrogens is 286 g/mol. The molecule has 4 nitrogen and oxygen atoms in total. The Kier molecular flexibility index (Phi) is 3.23. The molecule has 1 saturated heterocycles. The van der Waals surface area contributed by atoms with Crippen LogP contribution in [0.5, 0.6) is 0 Å². The molecule has 1 amide bonds. The molecule has 1 saturated carbocycles. The number of alkyl halides is 1. The molecule has 1 heterocycles. The lowest BCUT2D eigenvalue weighted by atomic mass is 10.2. The van der Waals surface area contributed by atoms with Gasteiger partial charge in [0.1, 0.15) is 11.4 Å². The van der Waals surface area contributed by atoms with E-state index in [-0.39, 0.29) is 17.8 Å². The molecule has 2 rings (SSSR count). The first kappa shape index (κ1) is 12.9. The minimum atomic E-state index is -0.449. The van der Waals surface area contributed by atoms with E-state index in [1.54, 1.807) is 4.90 Å². The zero-order valence-electron chi connectivity index (χ0n) is 10.4. The lowest BCUT2D eigenvalue weighted by molar-refractivity contribution is -0.118. The lowest BCUT2D eigenvalue weighted by Gasteiger charge is -2.25. The third-order valence-corrected chi connectivity index (χ3v) is 3.90. The van der Waals surface area contributed by atoms with Gasteiger partial charge in [-0.2, -0.15) is 0 Å². The maximum absolute atomic E-state index is 11.8. The van der Waals surface area contributed by atoms with Crippen molar-refractivity contribution in [1.29, 1.82) is 0 Å². The van der Waals surface area contributed by atoms with E-state index in [1.807, 2.05) is 20.8 Å². The predicted octanol–water partition coefficient (Wildman–Crippen LogP) is 2.06. The van der Waals surface area contributed by atoms with Crippen molar-refractivity contribution in [2.24, 2.45) is 17.8 Å². The van der Waals surface area contributed by atoms with E-state index >= 15 is 0 Å². The van der Waals surface area contributed by atoms with Gasteiger partial charge >= 0.3 is 6.09 Å². The maximum Gasteiger partial charge on any atom is 0.410 e. The Labute approximate surface area is 110 Å². The van der Waals surface area contributed by atoms with Crippen LogP contribution >= 0.6 is 15.9 Å². The standard InChI is InChI=1S/C12H18BrNO3/c1-12(2,3)17-11(16)14-5-7-8(6-14)10(7)9(15)4-13/h7-8,10H,4-6H2,1-3H3. The van der Waals surface area contributed by atoms with E-state index in [9.17, 15) is 9.59 Å². The highest BCUT2D eigenvalue weighted by Gasteiger charge is 2.59. The van der Waals surface area contributed by atoms with Crippen LogP contribution in [-0.2, 0) is 9.53 Å². The van der Waals surface area contributed by atoms with Crippen molar-refractivity contribution >= 4 is 27.8 Å². The zero-order chi connectivity index (χ0) is 12.8. The quantitative estimate of drug-likeness (QED) is 0.734. The van der Waals surface area contributed by atoms with Gasteiger partial charge in [-0.05, 0) is 32.6 Å². The summed E-state index contributed by atoms with van der Waals surface area (Å²) in [6, 6.07) is 0. The molecule has 0 aromatic rings. The Morgan fingerprint density at radius 2 is 1.82 bits per heavy atom. The van der Waals surface area contributed by atoms with E-state index in [0.29, 0.717) is 30.3 Å². The van der Waals surface area contributed by atoms with Gasteiger partial charge in [0.2, 0.25) is 0 Å². The van der Waals surface area contributed by atoms with Crippen molar-refractivity contribution in [3.63, 3.8) is 0 Å². The zero-order valence-corrected chi connectivity index (χ0v) is 12.0. The third kappa shape index (κ3) is 2.64. The number of rotatable bonds is 2. The van der Waals surface area contributed by atoms with Crippen LogP contribution in [0.2, 0.25) is 0 Å². The van der Waals surface area contributed by atoms with E-state index in [1.165, 1.54) is 0 Å². The van der Waals surface area contributed by atoms with Crippen LogP contribution in [0.25, 0.3) is 0 Å². The van der Waals surface area contributed by atoms with Crippen LogP contribution < -0.4 is 0 Å². The van der Waals surface area contributed by atoms with E-state index in [2.05, 4.69) is 15.9 Å². The normalized spacial score (nSPS) is 31.1. The summed E-state index contributed by atoms with van der Waals surface area (Å²) in [5.74, 6) is 1.18. The first-order valence-corrected chi connectivity index (χ1v) is 7.02. The monoisotopic (exact) mass is 303 g/mol. The molecule has 0 N–H and O–H groups in total. The number of carbonyl (C=O) groups excluding carboxylic acids is 2.